The Balaban J connectivity index is 2.80. The lowest BCUT2D eigenvalue weighted by Gasteiger charge is -2.16. The fraction of sp³-hybridized carbons (Fsp3) is 0.455. The Hall–Kier alpha value is -1.30. The van der Waals surface area contributed by atoms with Crippen LogP contribution in [-0.2, 0) is 0 Å². The van der Waals surface area contributed by atoms with Gasteiger partial charge in [-0.05, 0) is 24.6 Å². The summed E-state index contributed by atoms with van der Waals surface area (Å²) in [5, 5.41) is 0. The Morgan fingerprint density at radius 2 is 2.00 bits per heavy atom. The molecule has 2 N–H and O–H groups in total. The van der Waals surface area contributed by atoms with Crippen molar-refractivity contribution in [1.29, 1.82) is 0 Å². The standard InChI is InChI=1S/C11H13F4NO/c1-17-10-3-2-7(12)6-8(10)9(16)4-5-11(13,14)15/h2-3,6,9H,4-5,16H2,1H3/t9-/m1/s1. The molecule has 1 aromatic rings. The Morgan fingerprint density at radius 1 is 1.35 bits per heavy atom. The number of ether oxygens (including phenoxy) is 1. The van der Waals surface area contributed by atoms with Crippen LogP contribution in [-0.4, -0.2) is 13.3 Å². The zero-order valence-electron chi connectivity index (χ0n) is 9.22. The molecule has 0 fully saturated rings. The highest BCUT2D eigenvalue weighted by Crippen LogP contribution is 2.30. The summed E-state index contributed by atoms with van der Waals surface area (Å²) in [5.74, 6) is -0.260. The minimum absolute atomic E-state index is 0.247. The predicted octanol–water partition coefficient (Wildman–Crippen LogP) is 3.18. The molecule has 0 aliphatic heterocycles. The van der Waals surface area contributed by atoms with Crippen LogP contribution in [0, 0.1) is 5.82 Å². The van der Waals surface area contributed by atoms with Crippen molar-refractivity contribution in [3.63, 3.8) is 0 Å². The fourth-order valence-electron chi connectivity index (χ4n) is 1.47. The molecule has 0 amide bonds. The molecule has 1 atom stereocenters. The molecule has 6 heteroatoms. The summed E-state index contributed by atoms with van der Waals surface area (Å²) in [4.78, 5) is 0. The molecule has 0 unspecified atom stereocenters. The third-order valence-electron chi connectivity index (χ3n) is 2.33. The topological polar surface area (TPSA) is 35.2 Å². The number of methoxy groups -OCH3 is 1. The minimum atomic E-state index is -4.27. The van der Waals surface area contributed by atoms with E-state index in [0.717, 1.165) is 6.07 Å². The molecule has 0 aromatic heterocycles. The average Bonchev–Trinajstić information content (AvgIpc) is 2.25. The van der Waals surface area contributed by atoms with E-state index in [9.17, 15) is 17.6 Å². The normalized spacial score (nSPS) is 13.5. The van der Waals surface area contributed by atoms with Crippen LogP contribution in [0.15, 0.2) is 18.2 Å². The summed E-state index contributed by atoms with van der Waals surface area (Å²) in [6.07, 6.45) is -5.57. The SMILES string of the molecule is COc1ccc(F)cc1[C@H](N)CCC(F)(F)F. The minimum Gasteiger partial charge on any atom is -0.496 e. The second-order valence-electron chi connectivity index (χ2n) is 3.65. The van der Waals surface area contributed by atoms with Crippen molar-refractivity contribution in [2.75, 3.05) is 7.11 Å². The van der Waals surface area contributed by atoms with Gasteiger partial charge in [0.1, 0.15) is 11.6 Å². The summed E-state index contributed by atoms with van der Waals surface area (Å²) in [6, 6.07) is 2.71. The molecular formula is C11H13F4NO. The van der Waals surface area contributed by atoms with Gasteiger partial charge in [0.25, 0.3) is 0 Å². The molecule has 0 bridgehead atoms. The van der Waals surface area contributed by atoms with Crippen molar-refractivity contribution < 1.29 is 22.3 Å². The predicted molar refractivity (Wildman–Crippen MR) is 55.2 cm³/mol. The highest BCUT2D eigenvalue weighted by atomic mass is 19.4. The molecule has 0 spiro atoms. The summed E-state index contributed by atoms with van der Waals surface area (Å²) >= 11 is 0. The zero-order chi connectivity index (χ0) is 13.1. The van der Waals surface area contributed by atoms with Gasteiger partial charge in [0.2, 0.25) is 0 Å². The van der Waals surface area contributed by atoms with E-state index in [1.54, 1.807) is 0 Å². The van der Waals surface area contributed by atoms with Crippen LogP contribution in [0.3, 0.4) is 0 Å². The van der Waals surface area contributed by atoms with Gasteiger partial charge < -0.3 is 10.5 Å². The molecule has 1 aromatic carbocycles. The van der Waals surface area contributed by atoms with Gasteiger partial charge in [-0.2, -0.15) is 13.2 Å². The Bertz CT molecular complexity index is 378. The summed E-state index contributed by atoms with van der Waals surface area (Å²) in [5.41, 5.74) is 5.85. The molecule has 0 saturated heterocycles. The van der Waals surface area contributed by atoms with Crippen molar-refractivity contribution in [2.24, 2.45) is 5.73 Å². The Morgan fingerprint density at radius 3 is 2.53 bits per heavy atom. The van der Waals surface area contributed by atoms with Crippen LogP contribution < -0.4 is 10.5 Å². The van der Waals surface area contributed by atoms with Crippen molar-refractivity contribution in [3.05, 3.63) is 29.6 Å². The number of halogens is 4. The zero-order valence-corrected chi connectivity index (χ0v) is 9.22. The van der Waals surface area contributed by atoms with Crippen LogP contribution in [0.5, 0.6) is 5.75 Å². The lowest BCUT2D eigenvalue weighted by Crippen LogP contribution is -2.16. The van der Waals surface area contributed by atoms with E-state index in [0.29, 0.717) is 5.75 Å². The van der Waals surface area contributed by atoms with Gasteiger partial charge in [0.15, 0.2) is 0 Å². The molecule has 0 heterocycles. The largest absolute Gasteiger partial charge is 0.496 e. The van der Waals surface area contributed by atoms with Crippen LogP contribution in [0.4, 0.5) is 17.6 Å². The first-order chi connectivity index (χ1) is 7.83. The van der Waals surface area contributed by atoms with E-state index in [4.69, 9.17) is 10.5 Å². The van der Waals surface area contributed by atoms with Crippen molar-refractivity contribution >= 4 is 0 Å². The fourth-order valence-corrected chi connectivity index (χ4v) is 1.47. The smallest absolute Gasteiger partial charge is 0.389 e. The van der Waals surface area contributed by atoms with E-state index >= 15 is 0 Å². The molecule has 0 radical (unpaired) electrons. The maximum atomic E-state index is 13.0. The van der Waals surface area contributed by atoms with Gasteiger partial charge in [-0.25, -0.2) is 4.39 Å². The number of benzene rings is 1. The first kappa shape index (κ1) is 13.8. The lowest BCUT2D eigenvalue weighted by atomic mass is 10.0. The molecule has 17 heavy (non-hydrogen) atoms. The summed E-state index contributed by atoms with van der Waals surface area (Å²) < 4.78 is 54.0. The number of hydrogen-bond acceptors (Lipinski definition) is 2. The molecule has 0 saturated carbocycles. The lowest BCUT2D eigenvalue weighted by molar-refractivity contribution is -0.136. The van der Waals surface area contributed by atoms with E-state index in [1.807, 2.05) is 0 Å². The second-order valence-corrected chi connectivity index (χ2v) is 3.65. The van der Waals surface area contributed by atoms with E-state index in [2.05, 4.69) is 0 Å². The number of hydrogen-bond donors (Lipinski definition) is 1. The van der Waals surface area contributed by atoms with E-state index in [-0.39, 0.29) is 12.0 Å². The number of rotatable bonds is 4. The maximum absolute atomic E-state index is 13.0. The van der Waals surface area contributed by atoms with Gasteiger partial charge in [0, 0.05) is 18.0 Å². The van der Waals surface area contributed by atoms with E-state index in [1.165, 1.54) is 19.2 Å². The quantitative estimate of drug-likeness (QED) is 0.834. The first-order valence-corrected chi connectivity index (χ1v) is 4.99. The molecule has 96 valence electrons. The van der Waals surface area contributed by atoms with E-state index < -0.39 is 24.5 Å². The van der Waals surface area contributed by atoms with Crippen LogP contribution in [0.1, 0.15) is 24.4 Å². The van der Waals surface area contributed by atoms with Crippen LogP contribution in [0.2, 0.25) is 0 Å². The molecule has 0 aliphatic rings. The van der Waals surface area contributed by atoms with Crippen molar-refractivity contribution in [1.82, 2.24) is 0 Å². The summed E-state index contributed by atoms with van der Waals surface area (Å²) in [6.45, 7) is 0. The third-order valence-corrected chi connectivity index (χ3v) is 2.33. The van der Waals surface area contributed by atoms with Gasteiger partial charge in [-0.1, -0.05) is 0 Å². The van der Waals surface area contributed by atoms with Crippen molar-refractivity contribution in [2.45, 2.75) is 25.1 Å². The molecule has 0 aliphatic carbocycles. The number of nitrogens with two attached hydrogens (primary N) is 1. The van der Waals surface area contributed by atoms with Gasteiger partial charge in [-0.15, -0.1) is 0 Å². The molecular weight excluding hydrogens is 238 g/mol. The monoisotopic (exact) mass is 251 g/mol. The maximum Gasteiger partial charge on any atom is 0.389 e. The molecule has 1 rings (SSSR count). The summed E-state index contributed by atoms with van der Waals surface area (Å²) in [7, 11) is 1.35. The third kappa shape index (κ3) is 4.22. The Labute approximate surface area is 96.4 Å². The molecule has 2 nitrogen and oxygen atoms in total. The first-order valence-electron chi connectivity index (χ1n) is 4.99. The van der Waals surface area contributed by atoms with Gasteiger partial charge >= 0.3 is 6.18 Å². The highest BCUT2D eigenvalue weighted by Gasteiger charge is 2.28. The van der Waals surface area contributed by atoms with Crippen molar-refractivity contribution in [3.8, 4) is 5.75 Å². The second kappa shape index (κ2) is 5.35. The van der Waals surface area contributed by atoms with Crippen LogP contribution >= 0.6 is 0 Å². The number of alkyl halides is 3. The Kier molecular flexibility index (Phi) is 4.34. The van der Waals surface area contributed by atoms with Gasteiger partial charge in [-0.3, -0.25) is 0 Å². The highest BCUT2D eigenvalue weighted by molar-refractivity contribution is 5.36. The average molecular weight is 251 g/mol. The van der Waals surface area contributed by atoms with Gasteiger partial charge in [0.05, 0.1) is 7.11 Å². The van der Waals surface area contributed by atoms with Crippen LogP contribution in [0.25, 0.3) is 0 Å².